The first-order valence-corrected chi connectivity index (χ1v) is 5.56. The fourth-order valence-electron chi connectivity index (χ4n) is 1.58. The summed E-state index contributed by atoms with van der Waals surface area (Å²) in [6, 6.07) is 8.27. The van der Waals surface area contributed by atoms with Gasteiger partial charge in [-0.1, -0.05) is 25.5 Å². The number of hydrogen-bond acceptors (Lipinski definition) is 3. The first-order valence-electron chi connectivity index (χ1n) is 5.56. The van der Waals surface area contributed by atoms with Crippen molar-refractivity contribution in [2.45, 2.75) is 26.2 Å². The van der Waals surface area contributed by atoms with Crippen LogP contribution in [0.15, 0.2) is 30.5 Å². The maximum Gasteiger partial charge on any atom is 0.166 e. The Balaban J connectivity index is 2.13. The summed E-state index contributed by atoms with van der Waals surface area (Å²) in [5.41, 5.74) is 7.81. The van der Waals surface area contributed by atoms with E-state index in [1.54, 1.807) is 11.0 Å². The van der Waals surface area contributed by atoms with Crippen LogP contribution in [0, 0.1) is 0 Å². The minimum atomic E-state index is 0.440. The zero-order chi connectivity index (χ0) is 11.4. The molecule has 0 radical (unpaired) electrons. The second-order valence-corrected chi connectivity index (χ2v) is 3.83. The van der Waals surface area contributed by atoms with E-state index in [1.807, 2.05) is 12.1 Å². The summed E-state index contributed by atoms with van der Waals surface area (Å²) in [7, 11) is 0. The molecule has 0 fully saturated rings. The van der Waals surface area contributed by atoms with Crippen molar-refractivity contribution in [1.29, 1.82) is 0 Å². The van der Waals surface area contributed by atoms with Crippen molar-refractivity contribution in [3.05, 3.63) is 36.0 Å². The molecule has 1 aromatic carbocycles. The third kappa shape index (κ3) is 2.39. The number of rotatable bonds is 4. The summed E-state index contributed by atoms with van der Waals surface area (Å²) in [5, 5.41) is 8.11. The highest BCUT2D eigenvalue weighted by Gasteiger charge is 2.00. The lowest BCUT2D eigenvalue weighted by Gasteiger charge is -2.02. The lowest BCUT2D eigenvalue weighted by atomic mass is 10.1. The molecule has 1 heterocycles. The third-order valence-corrected chi connectivity index (χ3v) is 2.50. The van der Waals surface area contributed by atoms with E-state index < -0.39 is 0 Å². The zero-order valence-corrected chi connectivity index (χ0v) is 9.43. The number of nitrogen functional groups attached to an aromatic ring is 1. The molecule has 0 atom stereocenters. The number of hydrogen-bond donors (Lipinski definition) is 1. The lowest BCUT2D eigenvalue weighted by molar-refractivity contribution is 0.752. The van der Waals surface area contributed by atoms with Gasteiger partial charge in [0.1, 0.15) is 0 Å². The van der Waals surface area contributed by atoms with Gasteiger partial charge in [-0.05, 0) is 30.5 Å². The van der Waals surface area contributed by atoms with E-state index in [-0.39, 0.29) is 0 Å². The van der Waals surface area contributed by atoms with E-state index in [2.05, 4.69) is 29.3 Å². The fourth-order valence-corrected chi connectivity index (χ4v) is 1.58. The van der Waals surface area contributed by atoms with Gasteiger partial charge >= 0.3 is 0 Å². The zero-order valence-electron chi connectivity index (χ0n) is 9.43. The van der Waals surface area contributed by atoms with Crippen LogP contribution in [-0.2, 0) is 6.42 Å². The molecule has 4 heteroatoms. The van der Waals surface area contributed by atoms with Crippen molar-refractivity contribution in [3.8, 4) is 5.69 Å². The Bertz CT molecular complexity index is 444. The molecule has 0 bridgehead atoms. The van der Waals surface area contributed by atoms with Crippen LogP contribution in [0.5, 0.6) is 0 Å². The number of unbranched alkanes of at least 4 members (excludes halogenated alkanes) is 1. The number of benzene rings is 1. The van der Waals surface area contributed by atoms with Crippen LogP contribution in [0.3, 0.4) is 0 Å². The van der Waals surface area contributed by atoms with Gasteiger partial charge < -0.3 is 5.73 Å². The molecule has 84 valence electrons. The van der Waals surface area contributed by atoms with Crippen molar-refractivity contribution in [2.24, 2.45) is 0 Å². The largest absolute Gasteiger partial charge is 0.381 e. The molecule has 2 rings (SSSR count). The Hall–Kier alpha value is -1.84. The standard InChI is InChI=1S/C12H16N4/c1-2-3-4-10-5-7-11(8-6-10)16-14-9-12(13)15-16/h5-9H,2-4H2,1H3,(H2,13,15). The van der Waals surface area contributed by atoms with Gasteiger partial charge in [0.2, 0.25) is 0 Å². The first kappa shape index (κ1) is 10.7. The molecule has 1 aromatic heterocycles. The Morgan fingerprint density at radius 2 is 2.00 bits per heavy atom. The van der Waals surface area contributed by atoms with E-state index in [4.69, 9.17) is 5.73 Å². The average molecular weight is 216 g/mol. The summed E-state index contributed by atoms with van der Waals surface area (Å²) < 4.78 is 0. The summed E-state index contributed by atoms with van der Waals surface area (Å²) in [6.07, 6.45) is 5.13. The van der Waals surface area contributed by atoms with Crippen LogP contribution >= 0.6 is 0 Å². The topological polar surface area (TPSA) is 56.7 Å². The molecule has 4 nitrogen and oxygen atoms in total. The minimum Gasteiger partial charge on any atom is -0.381 e. The van der Waals surface area contributed by atoms with Crippen LogP contribution in [-0.4, -0.2) is 15.0 Å². The molecule has 0 aliphatic heterocycles. The molecule has 0 saturated heterocycles. The molecule has 2 N–H and O–H groups in total. The van der Waals surface area contributed by atoms with Crippen molar-refractivity contribution in [3.63, 3.8) is 0 Å². The van der Waals surface area contributed by atoms with Crippen molar-refractivity contribution >= 4 is 5.82 Å². The van der Waals surface area contributed by atoms with Gasteiger partial charge in [-0.15, -0.1) is 9.90 Å². The highest BCUT2D eigenvalue weighted by Crippen LogP contribution is 2.10. The number of anilines is 1. The molecule has 0 aliphatic rings. The predicted octanol–water partition coefficient (Wildman–Crippen LogP) is 2.19. The highest BCUT2D eigenvalue weighted by atomic mass is 15.5. The Labute approximate surface area is 95.1 Å². The van der Waals surface area contributed by atoms with Crippen LogP contribution in [0.1, 0.15) is 25.3 Å². The number of nitrogens with zero attached hydrogens (tertiary/aromatic N) is 3. The van der Waals surface area contributed by atoms with E-state index in [1.165, 1.54) is 18.4 Å². The van der Waals surface area contributed by atoms with Gasteiger partial charge in [0.05, 0.1) is 11.9 Å². The predicted molar refractivity (Wildman–Crippen MR) is 64.4 cm³/mol. The second-order valence-electron chi connectivity index (χ2n) is 3.83. The summed E-state index contributed by atoms with van der Waals surface area (Å²) in [4.78, 5) is 1.54. The van der Waals surface area contributed by atoms with Crippen molar-refractivity contribution in [1.82, 2.24) is 15.0 Å². The number of aryl methyl sites for hydroxylation is 1. The van der Waals surface area contributed by atoms with E-state index in [9.17, 15) is 0 Å². The average Bonchev–Trinajstić information content (AvgIpc) is 2.74. The molecular formula is C12H16N4. The SMILES string of the molecule is CCCCc1ccc(-n2ncc(N)n2)cc1. The lowest BCUT2D eigenvalue weighted by Crippen LogP contribution is -1.99. The molecule has 0 spiro atoms. The monoisotopic (exact) mass is 216 g/mol. The molecule has 0 amide bonds. The molecule has 2 aromatic rings. The molecule has 0 aliphatic carbocycles. The summed E-state index contributed by atoms with van der Waals surface area (Å²) in [5.74, 6) is 0.440. The number of aromatic nitrogens is 3. The van der Waals surface area contributed by atoms with Gasteiger partial charge in [0.15, 0.2) is 5.82 Å². The van der Waals surface area contributed by atoms with E-state index >= 15 is 0 Å². The second kappa shape index (κ2) is 4.79. The van der Waals surface area contributed by atoms with Crippen molar-refractivity contribution in [2.75, 3.05) is 5.73 Å². The third-order valence-electron chi connectivity index (χ3n) is 2.50. The van der Waals surface area contributed by atoms with Gasteiger partial charge in [-0.3, -0.25) is 0 Å². The molecule has 16 heavy (non-hydrogen) atoms. The quantitative estimate of drug-likeness (QED) is 0.852. The summed E-state index contributed by atoms with van der Waals surface area (Å²) in [6.45, 7) is 2.20. The highest BCUT2D eigenvalue weighted by molar-refractivity contribution is 5.34. The smallest absolute Gasteiger partial charge is 0.166 e. The van der Waals surface area contributed by atoms with Crippen LogP contribution in [0.4, 0.5) is 5.82 Å². The van der Waals surface area contributed by atoms with E-state index in [0.717, 1.165) is 12.1 Å². The summed E-state index contributed by atoms with van der Waals surface area (Å²) >= 11 is 0. The number of nitrogens with two attached hydrogens (primary N) is 1. The Morgan fingerprint density at radius 1 is 1.25 bits per heavy atom. The van der Waals surface area contributed by atoms with E-state index in [0.29, 0.717) is 5.82 Å². The maximum atomic E-state index is 5.52. The van der Waals surface area contributed by atoms with Crippen LogP contribution < -0.4 is 5.73 Å². The van der Waals surface area contributed by atoms with Crippen molar-refractivity contribution < 1.29 is 0 Å². The minimum absolute atomic E-state index is 0.440. The Kier molecular flexibility index (Phi) is 3.19. The molecule has 0 saturated carbocycles. The first-order chi connectivity index (χ1) is 7.79. The molecule has 0 unspecified atom stereocenters. The van der Waals surface area contributed by atoms with Gasteiger partial charge in [0, 0.05) is 0 Å². The Morgan fingerprint density at radius 3 is 2.56 bits per heavy atom. The maximum absolute atomic E-state index is 5.52. The van der Waals surface area contributed by atoms with Gasteiger partial charge in [-0.25, -0.2) is 0 Å². The van der Waals surface area contributed by atoms with Crippen LogP contribution in [0.25, 0.3) is 5.69 Å². The normalized spacial score (nSPS) is 10.6. The molecular weight excluding hydrogens is 200 g/mol. The fraction of sp³-hybridized carbons (Fsp3) is 0.333. The van der Waals surface area contributed by atoms with Gasteiger partial charge in [-0.2, -0.15) is 5.10 Å². The van der Waals surface area contributed by atoms with Gasteiger partial charge in [0.25, 0.3) is 0 Å². The van der Waals surface area contributed by atoms with Crippen LogP contribution in [0.2, 0.25) is 0 Å².